The van der Waals surface area contributed by atoms with Crippen LogP contribution >= 0.6 is 0 Å². The van der Waals surface area contributed by atoms with Gasteiger partial charge in [-0.25, -0.2) is 9.59 Å². The van der Waals surface area contributed by atoms with Crippen molar-refractivity contribution < 1.29 is 28.3 Å². The SMILES string of the molecule is COC(=O)c1ccc2oc(=O)n(C3CCN(C(=O)C(OC(C)=O)c4ccccc4)CC3)c2c1. The molecule has 1 saturated heterocycles. The molecule has 0 aliphatic carbocycles. The summed E-state index contributed by atoms with van der Waals surface area (Å²) in [6.45, 7) is 2.03. The first-order valence-corrected chi connectivity index (χ1v) is 10.6. The van der Waals surface area contributed by atoms with E-state index in [2.05, 4.69) is 0 Å². The van der Waals surface area contributed by atoms with Crippen LogP contribution in [0.3, 0.4) is 0 Å². The second kappa shape index (κ2) is 9.32. The summed E-state index contributed by atoms with van der Waals surface area (Å²) in [4.78, 5) is 50.9. The van der Waals surface area contributed by atoms with Crippen LogP contribution in [0.15, 0.2) is 57.7 Å². The number of piperidine rings is 1. The van der Waals surface area contributed by atoms with Crippen LogP contribution in [0, 0.1) is 0 Å². The number of methoxy groups -OCH3 is 1. The minimum absolute atomic E-state index is 0.209. The molecular weight excluding hydrogens is 428 g/mol. The van der Waals surface area contributed by atoms with E-state index in [1.54, 1.807) is 47.4 Å². The molecule has 0 N–H and O–H groups in total. The molecule has 1 aliphatic heterocycles. The average Bonchev–Trinajstić information content (AvgIpc) is 3.17. The second-order valence-corrected chi connectivity index (χ2v) is 7.87. The van der Waals surface area contributed by atoms with Crippen molar-refractivity contribution in [1.82, 2.24) is 9.47 Å². The zero-order valence-electron chi connectivity index (χ0n) is 18.4. The highest BCUT2D eigenvalue weighted by Crippen LogP contribution is 2.29. The lowest BCUT2D eigenvalue weighted by molar-refractivity contribution is -0.159. The topological polar surface area (TPSA) is 108 Å². The molecule has 0 bridgehead atoms. The molecule has 0 saturated carbocycles. The van der Waals surface area contributed by atoms with E-state index in [9.17, 15) is 19.2 Å². The highest BCUT2D eigenvalue weighted by molar-refractivity contribution is 5.93. The molecule has 0 radical (unpaired) electrons. The van der Waals surface area contributed by atoms with Gasteiger partial charge >= 0.3 is 17.7 Å². The monoisotopic (exact) mass is 452 g/mol. The lowest BCUT2D eigenvalue weighted by Crippen LogP contribution is -2.43. The van der Waals surface area contributed by atoms with E-state index in [4.69, 9.17) is 13.9 Å². The van der Waals surface area contributed by atoms with Crippen LogP contribution in [-0.4, -0.2) is 47.5 Å². The molecule has 3 aromatic rings. The summed E-state index contributed by atoms with van der Waals surface area (Å²) < 4.78 is 17.0. The number of amides is 1. The lowest BCUT2D eigenvalue weighted by Gasteiger charge is -2.34. The van der Waals surface area contributed by atoms with Crippen molar-refractivity contribution in [2.24, 2.45) is 0 Å². The number of hydrogen-bond acceptors (Lipinski definition) is 7. The number of hydrogen-bond donors (Lipinski definition) is 0. The summed E-state index contributed by atoms with van der Waals surface area (Å²) in [5, 5.41) is 0. The Kier molecular flexibility index (Phi) is 6.30. The zero-order valence-corrected chi connectivity index (χ0v) is 18.4. The van der Waals surface area contributed by atoms with E-state index < -0.39 is 23.8 Å². The van der Waals surface area contributed by atoms with Crippen molar-refractivity contribution in [2.45, 2.75) is 31.9 Å². The maximum Gasteiger partial charge on any atom is 0.420 e. The quantitative estimate of drug-likeness (QED) is 0.548. The van der Waals surface area contributed by atoms with Crippen molar-refractivity contribution in [2.75, 3.05) is 20.2 Å². The number of benzene rings is 2. The summed E-state index contributed by atoms with van der Waals surface area (Å²) >= 11 is 0. The van der Waals surface area contributed by atoms with Gasteiger partial charge in [0.05, 0.1) is 18.2 Å². The maximum atomic E-state index is 13.2. The average molecular weight is 452 g/mol. The third-order valence-electron chi connectivity index (χ3n) is 5.79. The number of esters is 2. The molecule has 2 aromatic carbocycles. The van der Waals surface area contributed by atoms with E-state index in [1.807, 2.05) is 6.07 Å². The van der Waals surface area contributed by atoms with Crippen LogP contribution in [0.2, 0.25) is 0 Å². The van der Waals surface area contributed by atoms with E-state index in [0.29, 0.717) is 48.2 Å². The summed E-state index contributed by atoms with van der Waals surface area (Å²) in [5.74, 6) is -1.86. The Morgan fingerprint density at radius 2 is 1.76 bits per heavy atom. The second-order valence-electron chi connectivity index (χ2n) is 7.87. The van der Waals surface area contributed by atoms with Gasteiger partial charge in [0.1, 0.15) is 0 Å². The molecule has 1 aromatic heterocycles. The number of rotatable bonds is 5. The van der Waals surface area contributed by atoms with Crippen LogP contribution < -0.4 is 5.76 Å². The van der Waals surface area contributed by atoms with E-state index in [-0.39, 0.29) is 11.9 Å². The summed E-state index contributed by atoms with van der Waals surface area (Å²) in [6.07, 6.45) is -0.00501. The standard InChI is InChI=1S/C24H24N2O7/c1-15(27)32-21(16-6-4-3-5-7-16)22(28)25-12-10-18(11-13-25)26-19-14-17(23(29)31-2)8-9-20(19)33-24(26)30/h3-9,14,18,21H,10-13H2,1-2H3. The lowest BCUT2D eigenvalue weighted by atomic mass is 10.0. The first-order valence-electron chi connectivity index (χ1n) is 10.6. The maximum absolute atomic E-state index is 13.2. The fourth-order valence-electron chi connectivity index (χ4n) is 4.19. The molecule has 1 fully saturated rings. The van der Waals surface area contributed by atoms with Crippen LogP contribution in [0.5, 0.6) is 0 Å². The Hall–Kier alpha value is -3.88. The molecule has 2 heterocycles. The fraction of sp³-hybridized carbons (Fsp3) is 0.333. The molecule has 1 amide bonds. The van der Waals surface area contributed by atoms with Crippen molar-refractivity contribution in [3.8, 4) is 0 Å². The number of carbonyl (C=O) groups excluding carboxylic acids is 3. The number of ether oxygens (including phenoxy) is 2. The molecule has 9 nitrogen and oxygen atoms in total. The first-order chi connectivity index (χ1) is 15.9. The number of likely N-dealkylation sites (tertiary alicyclic amines) is 1. The van der Waals surface area contributed by atoms with Gasteiger partial charge in [-0.15, -0.1) is 0 Å². The Morgan fingerprint density at radius 1 is 1.06 bits per heavy atom. The third-order valence-corrected chi connectivity index (χ3v) is 5.79. The van der Waals surface area contributed by atoms with Gasteiger partial charge in [-0.2, -0.15) is 0 Å². The number of aromatic nitrogens is 1. The Morgan fingerprint density at radius 3 is 2.39 bits per heavy atom. The Balaban J connectivity index is 1.54. The van der Waals surface area contributed by atoms with Crippen molar-refractivity contribution in [1.29, 1.82) is 0 Å². The van der Waals surface area contributed by atoms with Gasteiger partial charge in [-0.3, -0.25) is 14.2 Å². The van der Waals surface area contributed by atoms with E-state index >= 15 is 0 Å². The van der Waals surface area contributed by atoms with Gasteiger partial charge in [0.15, 0.2) is 5.58 Å². The normalized spacial score (nSPS) is 15.3. The Labute approximate surface area is 189 Å². The molecule has 1 atom stereocenters. The van der Waals surface area contributed by atoms with Crippen LogP contribution in [0.4, 0.5) is 0 Å². The smallest absolute Gasteiger partial charge is 0.420 e. The fourth-order valence-corrected chi connectivity index (χ4v) is 4.19. The molecule has 9 heteroatoms. The number of nitrogens with zero attached hydrogens (tertiary/aromatic N) is 2. The summed E-state index contributed by atoms with van der Waals surface area (Å²) in [6, 6.07) is 13.4. The third kappa shape index (κ3) is 4.52. The first kappa shape index (κ1) is 22.3. The number of oxazole rings is 1. The largest absolute Gasteiger partial charge is 0.465 e. The number of carbonyl (C=O) groups is 3. The highest BCUT2D eigenvalue weighted by Gasteiger charge is 2.33. The van der Waals surface area contributed by atoms with Gasteiger partial charge < -0.3 is 18.8 Å². The van der Waals surface area contributed by atoms with Crippen LogP contribution in [0.25, 0.3) is 11.1 Å². The van der Waals surface area contributed by atoms with Gasteiger partial charge in [-0.05, 0) is 31.0 Å². The van der Waals surface area contributed by atoms with Crippen molar-refractivity contribution in [3.63, 3.8) is 0 Å². The predicted octanol–water partition coefficient (Wildman–Crippen LogP) is 2.85. The highest BCUT2D eigenvalue weighted by atomic mass is 16.5. The minimum atomic E-state index is -1.01. The zero-order chi connectivity index (χ0) is 23.5. The predicted molar refractivity (Wildman–Crippen MR) is 118 cm³/mol. The van der Waals surface area contributed by atoms with Crippen molar-refractivity contribution >= 4 is 28.9 Å². The molecular formula is C24H24N2O7. The minimum Gasteiger partial charge on any atom is -0.465 e. The molecule has 1 aliphatic rings. The van der Waals surface area contributed by atoms with E-state index in [0.717, 1.165) is 0 Å². The van der Waals surface area contributed by atoms with E-state index in [1.165, 1.54) is 18.6 Å². The van der Waals surface area contributed by atoms with Crippen molar-refractivity contribution in [3.05, 3.63) is 70.2 Å². The number of fused-ring (bicyclic) bond motifs is 1. The van der Waals surface area contributed by atoms with Gasteiger partial charge in [0.2, 0.25) is 6.10 Å². The molecule has 1 unspecified atom stereocenters. The van der Waals surface area contributed by atoms with Gasteiger partial charge in [0.25, 0.3) is 5.91 Å². The molecule has 0 spiro atoms. The molecule has 4 rings (SSSR count). The summed E-state index contributed by atoms with van der Waals surface area (Å²) in [5.41, 5.74) is 1.81. The van der Waals surface area contributed by atoms with Gasteiger partial charge in [-0.1, -0.05) is 30.3 Å². The van der Waals surface area contributed by atoms with Crippen LogP contribution in [-0.2, 0) is 19.1 Å². The molecule has 33 heavy (non-hydrogen) atoms. The molecule has 172 valence electrons. The van der Waals surface area contributed by atoms with Crippen LogP contribution in [0.1, 0.15) is 47.8 Å². The Bertz CT molecular complexity index is 1240. The van der Waals surface area contributed by atoms with Gasteiger partial charge in [0, 0.05) is 31.6 Å². The summed E-state index contributed by atoms with van der Waals surface area (Å²) in [7, 11) is 1.29.